The molecule has 0 aromatic carbocycles. The second-order valence-corrected chi connectivity index (χ2v) is 5.68. The van der Waals surface area contributed by atoms with Crippen molar-refractivity contribution in [3.05, 3.63) is 23.8 Å². The molecule has 16 heavy (non-hydrogen) atoms. The van der Waals surface area contributed by atoms with E-state index in [0.717, 1.165) is 18.5 Å². The van der Waals surface area contributed by atoms with Gasteiger partial charge in [0.1, 0.15) is 0 Å². The zero-order valence-electron chi connectivity index (χ0n) is 10.4. The first-order valence-electron chi connectivity index (χ1n) is 6.14. The van der Waals surface area contributed by atoms with Crippen LogP contribution in [-0.4, -0.2) is 30.3 Å². The van der Waals surface area contributed by atoms with Gasteiger partial charge in [0.25, 0.3) is 0 Å². The van der Waals surface area contributed by atoms with Gasteiger partial charge in [0.15, 0.2) is 5.78 Å². The lowest BCUT2D eigenvalue weighted by molar-refractivity contribution is -0.112. The number of nitrogens with zero attached hydrogens (tertiary/aromatic N) is 1. The van der Waals surface area contributed by atoms with Gasteiger partial charge < -0.3 is 0 Å². The first kappa shape index (κ1) is 11.6. The Morgan fingerprint density at radius 1 is 1.38 bits per heavy atom. The van der Waals surface area contributed by atoms with Gasteiger partial charge in [-0.3, -0.25) is 9.69 Å². The smallest absolute Gasteiger partial charge is 0.181 e. The van der Waals surface area contributed by atoms with Crippen LogP contribution in [0.15, 0.2) is 23.8 Å². The summed E-state index contributed by atoms with van der Waals surface area (Å²) in [4.78, 5) is 14.1. The second-order valence-electron chi connectivity index (χ2n) is 5.68. The average molecular weight is 219 g/mol. The SMILES string of the molecule is C=C1CC(C)(C)C(CN2CCCC2)=CC1=O. The molecule has 1 aliphatic carbocycles. The molecule has 1 heterocycles. The summed E-state index contributed by atoms with van der Waals surface area (Å²) in [5.41, 5.74) is 2.15. The van der Waals surface area contributed by atoms with E-state index < -0.39 is 0 Å². The molecule has 2 rings (SSSR count). The standard InChI is InChI=1S/C14H21NO/c1-11-9-14(2,3)12(8-13(11)16)10-15-6-4-5-7-15/h8H,1,4-7,9-10H2,2-3H3. The highest BCUT2D eigenvalue weighted by atomic mass is 16.1. The van der Waals surface area contributed by atoms with E-state index in [-0.39, 0.29) is 11.2 Å². The summed E-state index contributed by atoms with van der Waals surface area (Å²) in [5.74, 6) is 0.133. The van der Waals surface area contributed by atoms with Crippen molar-refractivity contribution in [1.82, 2.24) is 4.90 Å². The van der Waals surface area contributed by atoms with E-state index in [1.807, 2.05) is 6.08 Å². The number of allylic oxidation sites excluding steroid dienone is 2. The van der Waals surface area contributed by atoms with Crippen LogP contribution in [0.1, 0.15) is 33.1 Å². The number of carbonyl (C=O) groups is 1. The van der Waals surface area contributed by atoms with Crippen molar-refractivity contribution < 1.29 is 4.79 Å². The van der Waals surface area contributed by atoms with Crippen LogP contribution >= 0.6 is 0 Å². The molecule has 1 saturated heterocycles. The van der Waals surface area contributed by atoms with Crippen molar-refractivity contribution in [2.24, 2.45) is 5.41 Å². The van der Waals surface area contributed by atoms with Gasteiger partial charge in [-0.05, 0) is 55.0 Å². The highest BCUT2D eigenvalue weighted by molar-refractivity contribution is 6.05. The van der Waals surface area contributed by atoms with Gasteiger partial charge in [-0.2, -0.15) is 0 Å². The zero-order valence-corrected chi connectivity index (χ0v) is 10.4. The molecule has 0 radical (unpaired) electrons. The summed E-state index contributed by atoms with van der Waals surface area (Å²) in [5, 5.41) is 0. The monoisotopic (exact) mass is 219 g/mol. The summed E-state index contributed by atoms with van der Waals surface area (Å²) in [7, 11) is 0. The first-order valence-corrected chi connectivity index (χ1v) is 6.14. The fourth-order valence-electron chi connectivity index (χ4n) is 2.63. The minimum atomic E-state index is 0.105. The Bertz CT molecular complexity index is 346. The fraction of sp³-hybridized carbons (Fsp3) is 0.643. The quantitative estimate of drug-likeness (QED) is 0.665. The molecular weight excluding hydrogens is 198 g/mol. The summed E-state index contributed by atoms with van der Waals surface area (Å²) >= 11 is 0. The van der Waals surface area contributed by atoms with Crippen LogP contribution in [0, 0.1) is 5.41 Å². The number of likely N-dealkylation sites (tertiary alicyclic amines) is 1. The molecule has 0 amide bonds. The van der Waals surface area contributed by atoms with Crippen molar-refractivity contribution in [3.63, 3.8) is 0 Å². The predicted octanol–water partition coefficient (Wildman–Crippen LogP) is 2.56. The third-order valence-corrected chi connectivity index (χ3v) is 3.77. The molecule has 0 atom stereocenters. The van der Waals surface area contributed by atoms with Gasteiger partial charge in [-0.1, -0.05) is 20.4 Å². The number of carbonyl (C=O) groups excluding carboxylic acids is 1. The minimum Gasteiger partial charge on any atom is -0.299 e. The van der Waals surface area contributed by atoms with E-state index in [9.17, 15) is 4.79 Å². The molecule has 0 aromatic heterocycles. The second kappa shape index (κ2) is 4.17. The van der Waals surface area contributed by atoms with Gasteiger partial charge in [-0.25, -0.2) is 0 Å². The van der Waals surface area contributed by atoms with Gasteiger partial charge in [0, 0.05) is 6.54 Å². The Balaban J connectivity index is 2.14. The van der Waals surface area contributed by atoms with Crippen LogP contribution < -0.4 is 0 Å². The maximum Gasteiger partial charge on any atom is 0.181 e. The molecule has 1 fully saturated rings. The summed E-state index contributed by atoms with van der Waals surface area (Å²) in [6, 6.07) is 0. The number of rotatable bonds is 2. The van der Waals surface area contributed by atoms with Crippen LogP contribution in [0.5, 0.6) is 0 Å². The van der Waals surface area contributed by atoms with E-state index in [2.05, 4.69) is 25.3 Å². The van der Waals surface area contributed by atoms with Crippen LogP contribution in [0.2, 0.25) is 0 Å². The van der Waals surface area contributed by atoms with E-state index in [4.69, 9.17) is 0 Å². The van der Waals surface area contributed by atoms with E-state index in [1.54, 1.807) is 0 Å². The van der Waals surface area contributed by atoms with Crippen molar-refractivity contribution >= 4 is 5.78 Å². The Morgan fingerprint density at radius 3 is 2.62 bits per heavy atom. The molecule has 2 aliphatic rings. The predicted molar refractivity (Wildman–Crippen MR) is 66.3 cm³/mol. The third kappa shape index (κ3) is 2.27. The molecule has 2 nitrogen and oxygen atoms in total. The van der Waals surface area contributed by atoms with Gasteiger partial charge in [-0.15, -0.1) is 0 Å². The Labute approximate surface area is 98.0 Å². The largest absolute Gasteiger partial charge is 0.299 e. The molecule has 0 spiro atoms. The topological polar surface area (TPSA) is 20.3 Å². The highest BCUT2D eigenvalue weighted by Crippen LogP contribution is 2.38. The first-order chi connectivity index (χ1) is 7.49. The Hall–Kier alpha value is -0.890. The number of hydrogen-bond donors (Lipinski definition) is 0. The molecule has 0 aromatic rings. The lowest BCUT2D eigenvalue weighted by Crippen LogP contribution is -2.32. The normalized spacial score (nSPS) is 26.0. The molecule has 0 bridgehead atoms. The molecule has 1 aliphatic heterocycles. The number of hydrogen-bond acceptors (Lipinski definition) is 2. The van der Waals surface area contributed by atoms with Crippen molar-refractivity contribution in [1.29, 1.82) is 0 Å². The zero-order chi connectivity index (χ0) is 11.8. The van der Waals surface area contributed by atoms with Crippen molar-refractivity contribution in [2.45, 2.75) is 33.1 Å². The fourth-order valence-corrected chi connectivity index (χ4v) is 2.63. The summed E-state index contributed by atoms with van der Waals surface area (Å²) in [6.07, 6.45) is 5.23. The average Bonchev–Trinajstić information content (AvgIpc) is 2.66. The van der Waals surface area contributed by atoms with Crippen LogP contribution in [0.25, 0.3) is 0 Å². The molecular formula is C14H21NO. The molecule has 0 saturated carbocycles. The Kier molecular flexibility index (Phi) is 3.02. The van der Waals surface area contributed by atoms with E-state index in [0.29, 0.717) is 0 Å². The Morgan fingerprint density at radius 2 is 2.00 bits per heavy atom. The highest BCUT2D eigenvalue weighted by Gasteiger charge is 2.32. The van der Waals surface area contributed by atoms with Crippen LogP contribution in [0.3, 0.4) is 0 Å². The van der Waals surface area contributed by atoms with Crippen molar-refractivity contribution in [3.8, 4) is 0 Å². The molecule has 88 valence electrons. The molecule has 0 N–H and O–H groups in total. The summed E-state index contributed by atoms with van der Waals surface area (Å²) < 4.78 is 0. The van der Waals surface area contributed by atoms with E-state index in [1.165, 1.54) is 31.5 Å². The maximum absolute atomic E-state index is 11.7. The lowest BCUT2D eigenvalue weighted by atomic mass is 9.73. The van der Waals surface area contributed by atoms with Gasteiger partial charge in [0.05, 0.1) is 0 Å². The minimum absolute atomic E-state index is 0.105. The van der Waals surface area contributed by atoms with Crippen LogP contribution in [-0.2, 0) is 4.79 Å². The third-order valence-electron chi connectivity index (χ3n) is 3.77. The number of ketones is 1. The van der Waals surface area contributed by atoms with Gasteiger partial charge >= 0.3 is 0 Å². The lowest BCUT2D eigenvalue weighted by Gasteiger charge is -2.34. The van der Waals surface area contributed by atoms with Crippen molar-refractivity contribution in [2.75, 3.05) is 19.6 Å². The van der Waals surface area contributed by atoms with Gasteiger partial charge in [0.2, 0.25) is 0 Å². The van der Waals surface area contributed by atoms with E-state index >= 15 is 0 Å². The molecule has 2 heteroatoms. The molecule has 0 unspecified atom stereocenters. The summed E-state index contributed by atoms with van der Waals surface area (Å²) in [6.45, 7) is 11.6. The van der Waals surface area contributed by atoms with Crippen LogP contribution in [0.4, 0.5) is 0 Å². The maximum atomic E-state index is 11.7.